The predicted octanol–water partition coefficient (Wildman–Crippen LogP) is 1.64. The van der Waals surface area contributed by atoms with Crippen molar-refractivity contribution >= 4 is 5.91 Å². The molecule has 26 heavy (non-hydrogen) atoms. The van der Waals surface area contributed by atoms with E-state index in [0.717, 1.165) is 23.4 Å². The molecular formula is C19H21N5O2. The van der Waals surface area contributed by atoms with Crippen LogP contribution in [0.25, 0.3) is 11.3 Å². The first kappa shape index (κ1) is 17.6. The number of carbonyl (C=O) groups excluding carboxylic acids is 1. The van der Waals surface area contributed by atoms with Gasteiger partial charge in [-0.2, -0.15) is 5.10 Å². The summed E-state index contributed by atoms with van der Waals surface area (Å²) in [5.74, 6) is -0.228. The van der Waals surface area contributed by atoms with E-state index in [9.17, 15) is 9.59 Å². The van der Waals surface area contributed by atoms with Crippen molar-refractivity contribution in [2.75, 3.05) is 6.54 Å². The second-order valence-electron chi connectivity index (χ2n) is 5.93. The van der Waals surface area contributed by atoms with E-state index in [4.69, 9.17) is 0 Å². The molecule has 7 nitrogen and oxygen atoms in total. The first-order valence-electron chi connectivity index (χ1n) is 8.51. The highest BCUT2D eigenvalue weighted by Gasteiger charge is 2.13. The third kappa shape index (κ3) is 3.88. The molecule has 0 radical (unpaired) electrons. The van der Waals surface area contributed by atoms with E-state index >= 15 is 0 Å². The van der Waals surface area contributed by atoms with Crippen molar-refractivity contribution in [2.24, 2.45) is 7.05 Å². The molecule has 2 heterocycles. The number of carbonyl (C=O) groups is 1. The standard InChI is InChI=1S/C19H21N5O2/c1-3-15-11-18(25)24(13-21-15)10-9-20-19(26)17-12-16(22-23(17)2)14-7-5-4-6-8-14/h4-8,11-13H,3,9-10H2,1-2H3,(H,20,26). The number of nitrogens with one attached hydrogen (secondary N) is 1. The van der Waals surface area contributed by atoms with Gasteiger partial charge in [0.05, 0.1) is 12.0 Å². The Morgan fingerprint density at radius 2 is 1.96 bits per heavy atom. The highest BCUT2D eigenvalue weighted by Crippen LogP contribution is 2.18. The zero-order chi connectivity index (χ0) is 18.5. The van der Waals surface area contributed by atoms with Gasteiger partial charge < -0.3 is 5.32 Å². The van der Waals surface area contributed by atoms with E-state index in [1.165, 1.54) is 17.0 Å². The van der Waals surface area contributed by atoms with Crippen molar-refractivity contribution in [3.8, 4) is 11.3 Å². The molecule has 3 aromatic rings. The van der Waals surface area contributed by atoms with E-state index in [0.29, 0.717) is 18.8 Å². The average molecular weight is 351 g/mol. The van der Waals surface area contributed by atoms with E-state index in [1.807, 2.05) is 37.3 Å². The van der Waals surface area contributed by atoms with Crippen molar-refractivity contribution < 1.29 is 4.79 Å². The molecule has 2 aromatic heterocycles. The van der Waals surface area contributed by atoms with Gasteiger partial charge >= 0.3 is 0 Å². The van der Waals surface area contributed by atoms with Crippen LogP contribution in [0.5, 0.6) is 0 Å². The summed E-state index contributed by atoms with van der Waals surface area (Å²) in [6.45, 7) is 2.65. The fourth-order valence-corrected chi connectivity index (χ4v) is 2.63. The number of aromatic nitrogens is 4. The molecule has 0 spiro atoms. The summed E-state index contributed by atoms with van der Waals surface area (Å²) < 4.78 is 3.04. The van der Waals surface area contributed by atoms with E-state index in [2.05, 4.69) is 15.4 Å². The molecule has 1 amide bonds. The van der Waals surface area contributed by atoms with Crippen LogP contribution in [-0.2, 0) is 20.0 Å². The van der Waals surface area contributed by atoms with Gasteiger partial charge in [0.1, 0.15) is 5.69 Å². The molecular weight excluding hydrogens is 330 g/mol. The summed E-state index contributed by atoms with van der Waals surface area (Å²) in [6, 6.07) is 13.0. The molecule has 0 aliphatic heterocycles. The summed E-state index contributed by atoms with van der Waals surface area (Å²) in [7, 11) is 1.74. The summed E-state index contributed by atoms with van der Waals surface area (Å²) >= 11 is 0. The Hall–Kier alpha value is -3.22. The SMILES string of the molecule is CCc1cc(=O)n(CCNC(=O)c2cc(-c3ccccc3)nn2C)cn1. The largest absolute Gasteiger partial charge is 0.349 e. The lowest BCUT2D eigenvalue weighted by Crippen LogP contribution is -2.32. The normalized spacial score (nSPS) is 10.7. The topological polar surface area (TPSA) is 81.8 Å². The van der Waals surface area contributed by atoms with Crippen molar-refractivity contribution in [3.63, 3.8) is 0 Å². The highest BCUT2D eigenvalue weighted by molar-refractivity contribution is 5.93. The number of hydrogen-bond donors (Lipinski definition) is 1. The Labute approximate surface area is 151 Å². The van der Waals surface area contributed by atoms with Gasteiger partial charge in [-0.1, -0.05) is 37.3 Å². The first-order valence-corrected chi connectivity index (χ1v) is 8.51. The lowest BCUT2D eigenvalue weighted by Gasteiger charge is -2.07. The number of rotatable bonds is 6. The lowest BCUT2D eigenvalue weighted by atomic mass is 10.1. The second-order valence-corrected chi connectivity index (χ2v) is 5.93. The Morgan fingerprint density at radius 3 is 2.65 bits per heavy atom. The molecule has 0 unspecified atom stereocenters. The average Bonchev–Trinajstić information content (AvgIpc) is 3.05. The molecule has 1 aromatic carbocycles. The number of nitrogens with zero attached hydrogens (tertiary/aromatic N) is 4. The quantitative estimate of drug-likeness (QED) is 0.732. The summed E-state index contributed by atoms with van der Waals surface area (Å²) in [6.07, 6.45) is 2.24. The van der Waals surface area contributed by atoms with Gasteiger partial charge in [0.15, 0.2) is 0 Å². The molecule has 7 heteroatoms. The van der Waals surface area contributed by atoms with Gasteiger partial charge in [-0.15, -0.1) is 0 Å². The van der Waals surface area contributed by atoms with E-state index in [1.54, 1.807) is 17.8 Å². The van der Waals surface area contributed by atoms with Gasteiger partial charge in [-0.05, 0) is 12.5 Å². The molecule has 0 bridgehead atoms. The maximum absolute atomic E-state index is 12.4. The molecule has 134 valence electrons. The van der Waals surface area contributed by atoms with Crippen LogP contribution in [0.1, 0.15) is 23.1 Å². The first-order chi connectivity index (χ1) is 12.6. The maximum Gasteiger partial charge on any atom is 0.269 e. The van der Waals surface area contributed by atoms with Gasteiger partial charge in [0.2, 0.25) is 0 Å². The minimum absolute atomic E-state index is 0.113. The Morgan fingerprint density at radius 1 is 1.19 bits per heavy atom. The number of aryl methyl sites for hydroxylation is 2. The van der Waals surface area contributed by atoms with Crippen molar-refractivity contribution in [1.82, 2.24) is 24.6 Å². The smallest absolute Gasteiger partial charge is 0.269 e. The molecule has 0 fully saturated rings. The van der Waals surface area contributed by atoms with Gasteiger partial charge in [-0.25, -0.2) is 4.98 Å². The van der Waals surface area contributed by atoms with Crippen molar-refractivity contribution in [3.05, 3.63) is 70.5 Å². The van der Waals surface area contributed by atoms with Gasteiger partial charge in [-0.3, -0.25) is 18.8 Å². The van der Waals surface area contributed by atoms with Crippen LogP contribution >= 0.6 is 0 Å². The Kier molecular flexibility index (Phi) is 5.26. The summed E-state index contributed by atoms with van der Waals surface area (Å²) in [5, 5.41) is 7.21. The minimum Gasteiger partial charge on any atom is -0.349 e. The molecule has 0 saturated heterocycles. The number of hydrogen-bond acceptors (Lipinski definition) is 4. The predicted molar refractivity (Wildman–Crippen MR) is 98.9 cm³/mol. The van der Waals surface area contributed by atoms with Crippen molar-refractivity contribution in [2.45, 2.75) is 19.9 Å². The van der Waals surface area contributed by atoms with Crippen LogP contribution in [0.15, 0.2) is 53.6 Å². The van der Waals surface area contributed by atoms with E-state index < -0.39 is 0 Å². The number of benzene rings is 1. The van der Waals surface area contributed by atoms with Crippen molar-refractivity contribution in [1.29, 1.82) is 0 Å². The Balaban J connectivity index is 1.64. The zero-order valence-electron chi connectivity index (χ0n) is 14.8. The van der Waals surface area contributed by atoms with Crippen LogP contribution in [0.2, 0.25) is 0 Å². The second kappa shape index (κ2) is 7.77. The van der Waals surface area contributed by atoms with Gasteiger partial charge in [0, 0.05) is 37.5 Å². The zero-order valence-corrected chi connectivity index (χ0v) is 14.8. The molecule has 1 N–H and O–H groups in total. The fourth-order valence-electron chi connectivity index (χ4n) is 2.63. The molecule has 0 atom stereocenters. The third-order valence-electron chi connectivity index (χ3n) is 4.12. The third-order valence-corrected chi connectivity index (χ3v) is 4.12. The maximum atomic E-state index is 12.4. The fraction of sp³-hybridized carbons (Fsp3) is 0.263. The van der Waals surface area contributed by atoms with Crippen LogP contribution in [0.3, 0.4) is 0 Å². The monoisotopic (exact) mass is 351 g/mol. The lowest BCUT2D eigenvalue weighted by molar-refractivity contribution is 0.0942. The summed E-state index contributed by atoms with van der Waals surface area (Å²) in [5.41, 5.74) is 2.82. The van der Waals surface area contributed by atoms with Crippen LogP contribution < -0.4 is 10.9 Å². The van der Waals surface area contributed by atoms with Gasteiger partial charge in [0.25, 0.3) is 11.5 Å². The van der Waals surface area contributed by atoms with E-state index in [-0.39, 0.29) is 11.5 Å². The molecule has 3 rings (SSSR count). The summed E-state index contributed by atoms with van der Waals surface area (Å²) in [4.78, 5) is 28.6. The van der Waals surface area contributed by atoms with Crippen LogP contribution in [0, 0.1) is 0 Å². The molecule has 0 aliphatic rings. The van der Waals surface area contributed by atoms with Crippen LogP contribution in [0.4, 0.5) is 0 Å². The highest BCUT2D eigenvalue weighted by atomic mass is 16.2. The molecule has 0 saturated carbocycles. The Bertz CT molecular complexity index is 960. The van der Waals surface area contributed by atoms with Crippen LogP contribution in [-0.4, -0.2) is 31.8 Å². The number of amides is 1. The molecule has 0 aliphatic carbocycles. The minimum atomic E-state index is -0.228.